The van der Waals surface area contributed by atoms with Crippen LogP contribution in [-0.4, -0.2) is 49.2 Å². The van der Waals surface area contributed by atoms with E-state index >= 15 is 0 Å². The number of nitrogens with one attached hydrogen (secondary N) is 1. The number of ether oxygens (including phenoxy) is 1. The summed E-state index contributed by atoms with van der Waals surface area (Å²) in [5, 5.41) is 3.11. The van der Waals surface area contributed by atoms with Crippen molar-refractivity contribution < 1.29 is 9.53 Å². The first-order chi connectivity index (χ1) is 8.24. The molecule has 1 aliphatic heterocycles. The average Bonchev–Trinajstić information content (AvgIpc) is 3.15. The average molecular weight is 240 g/mol. The smallest absolute Gasteiger partial charge is 0.249 e. The van der Waals surface area contributed by atoms with Gasteiger partial charge in [-0.2, -0.15) is 0 Å². The summed E-state index contributed by atoms with van der Waals surface area (Å²) in [5.41, 5.74) is 0. The minimum Gasteiger partial charge on any atom is -0.372 e. The summed E-state index contributed by atoms with van der Waals surface area (Å²) in [5.74, 6) is 0.0554. The minimum atomic E-state index is -0.281. The molecule has 1 amide bonds. The molecular formula is C13H24N2O2. The quantitative estimate of drug-likeness (QED) is 0.784. The lowest BCUT2D eigenvalue weighted by atomic mass is 10.0. The van der Waals surface area contributed by atoms with Crippen molar-refractivity contribution in [1.82, 2.24) is 10.2 Å². The van der Waals surface area contributed by atoms with E-state index in [2.05, 4.69) is 10.2 Å². The van der Waals surface area contributed by atoms with Gasteiger partial charge in [-0.05, 0) is 32.1 Å². The van der Waals surface area contributed by atoms with Crippen molar-refractivity contribution in [3.63, 3.8) is 0 Å². The predicted octanol–water partition coefficient (Wildman–Crippen LogP) is 1.15. The number of methoxy groups -OCH3 is 1. The third-order valence-corrected chi connectivity index (χ3v) is 3.89. The van der Waals surface area contributed by atoms with Crippen LogP contribution in [0.5, 0.6) is 0 Å². The van der Waals surface area contributed by atoms with Gasteiger partial charge in [0.05, 0.1) is 0 Å². The molecule has 1 heterocycles. The lowest BCUT2D eigenvalue weighted by Gasteiger charge is -2.32. The van der Waals surface area contributed by atoms with Gasteiger partial charge in [-0.3, -0.25) is 4.79 Å². The molecule has 0 spiro atoms. The molecule has 4 heteroatoms. The molecule has 1 aliphatic carbocycles. The molecule has 2 rings (SSSR count). The van der Waals surface area contributed by atoms with E-state index in [-0.39, 0.29) is 12.0 Å². The van der Waals surface area contributed by atoms with Crippen LogP contribution in [-0.2, 0) is 9.53 Å². The molecule has 0 unspecified atom stereocenters. The monoisotopic (exact) mass is 240 g/mol. The molecule has 1 saturated heterocycles. The number of hydrogen-bond acceptors (Lipinski definition) is 3. The molecule has 4 nitrogen and oxygen atoms in total. The Balaban J connectivity index is 1.71. The second-order valence-electron chi connectivity index (χ2n) is 5.18. The maximum Gasteiger partial charge on any atom is 0.249 e. The van der Waals surface area contributed by atoms with E-state index in [0.29, 0.717) is 6.04 Å². The number of carbonyl (C=O) groups excluding carboxylic acids is 1. The van der Waals surface area contributed by atoms with E-state index in [0.717, 1.165) is 38.4 Å². The van der Waals surface area contributed by atoms with Gasteiger partial charge in [0.25, 0.3) is 0 Å². The number of rotatable bonds is 5. The van der Waals surface area contributed by atoms with Gasteiger partial charge < -0.3 is 15.0 Å². The molecule has 2 aliphatic rings. The fraction of sp³-hybridized carbons (Fsp3) is 0.923. The van der Waals surface area contributed by atoms with Crippen LogP contribution in [0.4, 0.5) is 0 Å². The van der Waals surface area contributed by atoms with Gasteiger partial charge in [0.2, 0.25) is 5.91 Å². The summed E-state index contributed by atoms with van der Waals surface area (Å²) < 4.78 is 5.15. The molecule has 0 aromatic carbocycles. The van der Waals surface area contributed by atoms with Crippen LogP contribution in [0.3, 0.4) is 0 Å². The number of amides is 1. The fourth-order valence-corrected chi connectivity index (χ4v) is 2.60. The summed E-state index contributed by atoms with van der Waals surface area (Å²) in [7, 11) is 1.60. The zero-order valence-corrected chi connectivity index (χ0v) is 10.9. The van der Waals surface area contributed by atoms with Gasteiger partial charge >= 0.3 is 0 Å². The molecule has 98 valence electrons. The highest BCUT2D eigenvalue weighted by molar-refractivity contribution is 5.80. The van der Waals surface area contributed by atoms with Crippen LogP contribution >= 0.6 is 0 Å². The Kier molecular flexibility index (Phi) is 4.40. The highest BCUT2D eigenvalue weighted by Crippen LogP contribution is 2.29. The third-order valence-electron chi connectivity index (χ3n) is 3.89. The van der Waals surface area contributed by atoms with Crippen molar-refractivity contribution in [2.24, 2.45) is 0 Å². The normalized spacial score (nSPS) is 24.6. The highest BCUT2D eigenvalue weighted by atomic mass is 16.5. The standard InChI is InChI=1S/C13H24N2O2/c1-3-12(17-2)13(16)14-10-6-8-15(9-7-10)11-4-5-11/h10-12H,3-9H2,1-2H3,(H,14,16)/t12-/m1/s1. The molecule has 0 radical (unpaired) electrons. The Morgan fingerprint density at radius 1 is 1.35 bits per heavy atom. The predicted molar refractivity (Wildman–Crippen MR) is 66.8 cm³/mol. The van der Waals surface area contributed by atoms with E-state index in [1.165, 1.54) is 12.8 Å². The van der Waals surface area contributed by atoms with Gasteiger partial charge in [-0.15, -0.1) is 0 Å². The van der Waals surface area contributed by atoms with Crippen molar-refractivity contribution in [3.8, 4) is 0 Å². The van der Waals surface area contributed by atoms with Crippen molar-refractivity contribution in [2.75, 3.05) is 20.2 Å². The maximum atomic E-state index is 11.9. The first kappa shape index (κ1) is 12.8. The van der Waals surface area contributed by atoms with Crippen LogP contribution < -0.4 is 5.32 Å². The number of hydrogen-bond donors (Lipinski definition) is 1. The van der Waals surface area contributed by atoms with Crippen molar-refractivity contribution in [2.45, 2.75) is 57.2 Å². The zero-order valence-electron chi connectivity index (χ0n) is 10.9. The summed E-state index contributed by atoms with van der Waals surface area (Å²) in [6.07, 6.45) is 5.38. The lowest BCUT2D eigenvalue weighted by molar-refractivity contribution is -0.132. The second kappa shape index (κ2) is 5.83. The first-order valence-corrected chi connectivity index (χ1v) is 6.81. The molecule has 1 atom stereocenters. The lowest BCUT2D eigenvalue weighted by Crippen LogP contribution is -2.48. The molecule has 2 fully saturated rings. The summed E-state index contributed by atoms with van der Waals surface area (Å²) >= 11 is 0. The first-order valence-electron chi connectivity index (χ1n) is 6.81. The Morgan fingerprint density at radius 3 is 2.47 bits per heavy atom. The number of likely N-dealkylation sites (tertiary alicyclic amines) is 1. The molecule has 17 heavy (non-hydrogen) atoms. The van der Waals surface area contributed by atoms with Crippen LogP contribution in [0.25, 0.3) is 0 Å². The van der Waals surface area contributed by atoms with Gasteiger partial charge in [-0.1, -0.05) is 6.92 Å². The summed E-state index contributed by atoms with van der Waals surface area (Å²) in [6, 6.07) is 1.20. The van der Waals surface area contributed by atoms with E-state index in [9.17, 15) is 4.79 Å². The van der Waals surface area contributed by atoms with E-state index in [1.807, 2.05) is 6.92 Å². The number of nitrogens with zero attached hydrogens (tertiary/aromatic N) is 1. The number of carbonyl (C=O) groups is 1. The summed E-state index contributed by atoms with van der Waals surface area (Å²) in [6.45, 7) is 4.25. The van der Waals surface area contributed by atoms with E-state index in [1.54, 1.807) is 7.11 Å². The van der Waals surface area contributed by atoms with Crippen molar-refractivity contribution >= 4 is 5.91 Å². The van der Waals surface area contributed by atoms with Crippen LogP contribution in [0.15, 0.2) is 0 Å². The van der Waals surface area contributed by atoms with Gasteiger partial charge in [0.15, 0.2) is 0 Å². The largest absolute Gasteiger partial charge is 0.372 e. The molecule has 0 aromatic rings. The maximum absolute atomic E-state index is 11.9. The Hall–Kier alpha value is -0.610. The van der Waals surface area contributed by atoms with Crippen molar-refractivity contribution in [3.05, 3.63) is 0 Å². The van der Waals surface area contributed by atoms with Gasteiger partial charge in [-0.25, -0.2) is 0 Å². The zero-order chi connectivity index (χ0) is 12.3. The molecule has 1 N–H and O–H groups in total. The topological polar surface area (TPSA) is 41.6 Å². The minimum absolute atomic E-state index is 0.0554. The molecule has 1 saturated carbocycles. The van der Waals surface area contributed by atoms with E-state index < -0.39 is 0 Å². The summed E-state index contributed by atoms with van der Waals surface area (Å²) in [4.78, 5) is 14.4. The Labute approximate surface area is 104 Å². The SMILES string of the molecule is CC[C@@H](OC)C(=O)NC1CCN(C2CC2)CC1. The Bertz CT molecular complexity index is 254. The molecular weight excluding hydrogens is 216 g/mol. The third kappa shape index (κ3) is 3.42. The molecule has 0 bridgehead atoms. The Morgan fingerprint density at radius 2 is 2.00 bits per heavy atom. The fourth-order valence-electron chi connectivity index (χ4n) is 2.60. The molecule has 0 aromatic heterocycles. The second-order valence-corrected chi connectivity index (χ2v) is 5.18. The highest BCUT2D eigenvalue weighted by Gasteiger charge is 2.32. The van der Waals surface area contributed by atoms with Crippen molar-refractivity contribution in [1.29, 1.82) is 0 Å². The number of piperidine rings is 1. The van der Waals surface area contributed by atoms with Crippen LogP contribution in [0.1, 0.15) is 39.0 Å². The van der Waals surface area contributed by atoms with Gasteiger partial charge in [0.1, 0.15) is 6.10 Å². The van der Waals surface area contributed by atoms with Crippen LogP contribution in [0.2, 0.25) is 0 Å². The van der Waals surface area contributed by atoms with Crippen LogP contribution in [0, 0.1) is 0 Å². The van der Waals surface area contributed by atoms with E-state index in [4.69, 9.17) is 4.74 Å². The van der Waals surface area contributed by atoms with Gasteiger partial charge in [0, 0.05) is 32.3 Å².